The molecule has 1 atom stereocenters. The van der Waals surface area contributed by atoms with Crippen molar-refractivity contribution in [2.45, 2.75) is 65.4 Å². The van der Waals surface area contributed by atoms with E-state index in [0.717, 1.165) is 24.2 Å². The van der Waals surface area contributed by atoms with E-state index in [4.69, 9.17) is 9.73 Å². The summed E-state index contributed by atoms with van der Waals surface area (Å²) in [5.41, 5.74) is 3.80. The molecule has 2 N–H and O–H groups in total. The second-order valence-corrected chi connectivity index (χ2v) is 10.6. The minimum atomic E-state index is -0.458. The topological polar surface area (TPSA) is 99.0 Å². The molecule has 0 amide bonds. The Hall–Kier alpha value is -3.33. The third-order valence-electron chi connectivity index (χ3n) is 7.64. The Morgan fingerprint density at radius 3 is 2.66 bits per heavy atom. The van der Waals surface area contributed by atoms with E-state index in [-0.39, 0.29) is 23.8 Å². The average Bonchev–Trinajstić information content (AvgIpc) is 3.68. The molecule has 2 aliphatic rings. The summed E-state index contributed by atoms with van der Waals surface area (Å²) in [6, 6.07) is 7.05. The summed E-state index contributed by atoms with van der Waals surface area (Å²) in [6.07, 6.45) is 5.06. The molecule has 1 aliphatic carbocycles. The Bertz CT molecular complexity index is 1350. The third kappa shape index (κ3) is 5.88. The number of aromatic amines is 1. The van der Waals surface area contributed by atoms with Crippen molar-refractivity contribution in [2.75, 3.05) is 25.0 Å². The normalized spacial score (nSPS) is 18.3. The van der Waals surface area contributed by atoms with Crippen molar-refractivity contribution < 1.29 is 14.2 Å². The Labute approximate surface area is 223 Å². The highest BCUT2D eigenvalue weighted by molar-refractivity contribution is 6.07. The van der Waals surface area contributed by atoms with Crippen molar-refractivity contribution >= 4 is 34.0 Å². The number of piperidine rings is 1. The lowest BCUT2D eigenvalue weighted by Gasteiger charge is -2.30. The molecule has 0 radical (unpaired) electrons. The molecule has 5 rings (SSSR count). The molecule has 1 aromatic carbocycles. The van der Waals surface area contributed by atoms with E-state index in [0.29, 0.717) is 54.4 Å². The highest BCUT2D eigenvalue weighted by Crippen LogP contribution is 2.34. The van der Waals surface area contributed by atoms with Gasteiger partial charge in [0.1, 0.15) is 5.82 Å². The van der Waals surface area contributed by atoms with Crippen LogP contribution in [0.3, 0.4) is 0 Å². The smallest absolute Gasteiger partial charge is 0.326 e. The number of nitrogens with zero attached hydrogens (tertiary/aromatic N) is 5. The van der Waals surface area contributed by atoms with Gasteiger partial charge in [-0.1, -0.05) is 13.8 Å². The first-order valence-electron chi connectivity index (χ1n) is 13.6. The maximum atomic E-state index is 15.3. The average molecular weight is 521 g/mol. The van der Waals surface area contributed by atoms with E-state index < -0.39 is 5.82 Å². The first kappa shape index (κ1) is 26.3. The first-order valence-corrected chi connectivity index (χ1v) is 13.6. The molecule has 2 aromatic heterocycles. The van der Waals surface area contributed by atoms with Gasteiger partial charge in [-0.25, -0.2) is 9.38 Å². The molecule has 1 unspecified atom stereocenters. The molecule has 1 saturated carbocycles. The number of hydrogen-bond acceptors (Lipinski definition) is 7. The number of anilines is 1. The van der Waals surface area contributed by atoms with Gasteiger partial charge in [0.05, 0.1) is 6.10 Å². The fourth-order valence-electron chi connectivity index (χ4n) is 4.94. The largest absolute Gasteiger partial charge is 0.421 e. The summed E-state index contributed by atoms with van der Waals surface area (Å²) in [6.45, 7) is 7.54. The summed E-state index contributed by atoms with van der Waals surface area (Å²) in [5.74, 6) is 1.57. The van der Waals surface area contributed by atoms with Gasteiger partial charge in [0.2, 0.25) is 0 Å². The monoisotopic (exact) mass is 520 g/mol. The van der Waals surface area contributed by atoms with Crippen LogP contribution in [0.4, 0.5) is 16.0 Å². The van der Waals surface area contributed by atoms with Gasteiger partial charge in [0.15, 0.2) is 17.4 Å². The quantitative estimate of drug-likeness (QED) is 0.330. The van der Waals surface area contributed by atoms with Crippen molar-refractivity contribution in [3.05, 3.63) is 35.8 Å². The molecule has 3 aromatic rings. The highest BCUT2D eigenvalue weighted by Gasteiger charge is 2.29. The predicted molar refractivity (Wildman–Crippen MR) is 150 cm³/mol. The van der Waals surface area contributed by atoms with Gasteiger partial charge in [-0.2, -0.15) is 9.97 Å². The predicted octanol–water partition coefficient (Wildman–Crippen LogP) is 6.15. The summed E-state index contributed by atoms with van der Waals surface area (Å²) in [4.78, 5) is 24.0. The van der Waals surface area contributed by atoms with Crippen molar-refractivity contribution in [3.8, 4) is 11.8 Å². The van der Waals surface area contributed by atoms with Crippen LogP contribution < -0.4 is 9.64 Å². The molecule has 202 valence electrons. The number of aliphatic imine (C=N–C) groups is 2. The second-order valence-electron chi connectivity index (χ2n) is 10.6. The molecule has 0 bridgehead atoms. The van der Waals surface area contributed by atoms with Crippen molar-refractivity contribution in [3.63, 3.8) is 0 Å². The number of H-pyrrole nitrogens is 1. The number of halogens is 1. The van der Waals surface area contributed by atoms with Crippen LogP contribution in [-0.4, -0.2) is 57.7 Å². The van der Waals surface area contributed by atoms with E-state index in [1.807, 2.05) is 20.0 Å². The molecule has 3 heterocycles. The number of nitrogens with one attached hydrogen (secondary N) is 1. The maximum absolute atomic E-state index is 15.3. The van der Waals surface area contributed by atoms with Crippen molar-refractivity contribution in [1.29, 1.82) is 0 Å². The van der Waals surface area contributed by atoms with Gasteiger partial charge in [0.25, 0.3) is 0 Å². The van der Waals surface area contributed by atoms with E-state index in [1.165, 1.54) is 18.6 Å². The Kier molecular flexibility index (Phi) is 7.74. The summed E-state index contributed by atoms with van der Waals surface area (Å²) in [7, 11) is 1.86. The molecule has 0 spiro atoms. The van der Waals surface area contributed by atoms with Gasteiger partial charge in [0, 0.05) is 60.6 Å². The van der Waals surface area contributed by atoms with Crippen LogP contribution in [0.5, 0.6) is 11.8 Å². The fraction of sp³-hybridized carbons (Fsp3) is 0.517. The van der Waals surface area contributed by atoms with Crippen LogP contribution in [-0.2, 0) is 0 Å². The number of hydrogen-bond donors (Lipinski definition) is 2. The van der Waals surface area contributed by atoms with Gasteiger partial charge in [-0.3, -0.25) is 4.99 Å². The Morgan fingerprint density at radius 1 is 1.21 bits per heavy atom. The molecule has 1 saturated heterocycles. The standard InChI is InChI=1S/C29H37FN6O2/c1-5-17(2)23(15-24(31-4)19-6-7-19)33-26-16-27(36-12-10-20(37)11-13-36)35-29(34-26)38-25-9-8-22-21(28(25)30)14-18(3)32-22/h8-9,14,16-17,19-20,32,37H,5-7,10-13,15H2,1-4H3. The van der Waals surface area contributed by atoms with Crippen LogP contribution in [0.15, 0.2) is 34.3 Å². The zero-order chi connectivity index (χ0) is 26.8. The van der Waals surface area contributed by atoms with Crippen LogP contribution in [0.2, 0.25) is 0 Å². The molecule has 2 fully saturated rings. The first-order chi connectivity index (χ1) is 18.3. The lowest BCUT2D eigenvalue weighted by atomic mass is 9.96. The van der Waals surface area contributed by atoms with Gasteiger partial charge in [-0.15, -0.1) is 0 Å². The van der Waals surface area contributed by atoms with E-state index >= 15 is 4.39 Å². The second kappa shape index (κ2) is 11.2. The van der Waals surface area contributed by atoms with Gasteiger partial charge < -0.3 is 19.7 Å². The lowest BCUT2D eigenvalue weighted by Crippen LogP contribution is -2.36. The SMILES string of the molecule is CCC(C)C(CC(=NC)C1CC1)=Nc1cc(N2CCC(O)CC2)nc(Oc2ccc3[nH]c(C)cc3c2F)n1. The third-order valence-corrected chi connectivity index (χ3v) is 7.64. The number of benzene rings is 1. The van der Waals surface area contributed by atoms with Crippen molar-refractivity contribution in [1.82, 2.24) is 15.0 Å². The zero-order valence-corrected chi connectivity index (χ0v) is 22.7. The van der Waals surface area contributed by atoms with E-state index in [9.17, 15) is 5.11 Å². The molecule has 1 aliphatic heterocycles. The zero-order valence-electron chi connectivity index (χ0n) is 22.7. The number of ether oxygens (including phenoxy) is 1. The number of aromatic nitrogens is 3. The molecular weight excluding hydrogens is 483 g/mol. The maximum Gasteiger partial charge on any atom is 0.326 e. The molecule has 38 heavy (non-hydrogen) atoms. The van der Waals surface area contributed by atoms with E-state index in [2.05, 4.69) is 38.7 Å². The summed E-state index contributed by atoms with van der Waals surface area (Å²) >= 11 is 0. The van der Waals surface area contributed by atoms with Crippen molar-refractivity contribution in [2.24, 2.45) is 21.8 Å². The highest BCUT2D eigenvalue weighted by atomic mass is 19.1. The number of rotatable bonds is 9. The summed E-state index contributed by atoms with van der Waals surface area (Å²) in [5, 5.41) is 10.5. The molecule has 9 heteroatoms. The van der Waals surface area contributed by atoms with Crippen LogP contribution in [0.1, 0.15) is 58.1 Å². The van der Waals surface area contributed by atoms with Crippen LogP contribution in [0.25, 0.3) is 10.9 Å². The number of fused-ring (bicyclic) bond motifs is 1. The van der Waals surface area contributed by atoms with Crippen LogP contribution >= 0.6 is 0 Å². The fourth-order valence-corrected chi connectivity index (χ4v) is 4.94. The lowest BCUT2D eigenvalue weighted by molar-refractivity contribution is 0.145. The van der Waals surface area contributed by atoms with Crippen LogP contribution in [0, 0.1) is 24.6 Å². The van der Waals surface area contributed by atoms with Gasteiger partial charge >= 0.3 is 6.01 Å². The Balaban J connectivity index is 1.52. The minimum Gasteiger partial charge on any atom is -0.421 e. The minimum absolute atomic E-state index is 0.0490. The number of aliphatic hydroxyl groups excluding tert-OH is 1. The summed E-state index contributed by atoms with van der Waals surface area (Å²) < 4.78 is 21.3. The number of aliphatic hydroxyl groups is 1. The Morgan fingerprint density at radius 2 is 1.97 bits per heavy atom. The molecular formula is C29H37FN6O2. The number of aryl methyl sites for hydroxylation is 1. The van der Waals surface area contributed by atoms with Gasteiger partial charge in [-0.05, 0) is 69.1 Å². The van der Waals surface area contributed by atoms with E-state index in [1.54, 1.807) is 18.2 Å². The molecule has 8 nitrogen and oxygen atoms in total.